The Morgan fingerprint density at radius 1 is 0.667 bits per heavy atom. The Morgan fingerprint density at radius 3 is 1.37 bits per heavy atom. The summed E-state index contributed by atoms with van der Waals surface area (Å²) >= 11 is 0. The second-order valence-corrected chi connectivity index (χ2v) is 6.47. The Balaban J connectivity index is 3.70. The lowest BCUT2D eigenvalue weighted by Crippen LogP contribution is -2.12. The third kappa shape index (κ3) is 18.5. The highest BCUT2D eigenvalue weighted by Gasteiger charge is 2.13. The maximum absolute atomic E-state index is 11.0. The molecular formula is C25H38O2. The highest BCUT2D eigenvalue weighted by molar-refractivity contribution is 5.70. The fraction of sp³-hybridized carbons (Fsp3) is 0.480. The zero-order chi connectivity index (χ0) is 20.0. The molecule has 0 aliphatic carbocycles. The minimum Gasteiger partial charge on any atom is -0.481 e. The Hall–Kier alpha value is -2.09. The summed E-state index contributed by atoms with van der Waals surface area (Å²) in [6.07, 6.45) is 34.1. The van der Waals surface area contributed by atoms with Gasteiger partial charge in [0.15, 0.2) is 0 Å². The minimum atomic E-state index is -0.684. The van der Waals surface area contributed by atoms with E-state index in [4.69, 9.17) is 5.11 Å². The molecule has 150 valence electrons. The van der Waals surface area contributed by atoms with Crippen molar-refractivity contribution < 1.29 is 9.90 Å². The summed E-state index contributed by atoms with van der Waals surface area (Å²) in [4.78, 5) is 11.0. The fourth-order valence-electron chi connectivity index (χ4n) is 2.47. The van der Waals surface area contributed by atoms with Crippen LogP contribution in [0.2, 0.25) is 0 Å². The van der Waals surface area contributed by atoms with Crippen LogP contribution in [0.1, 0.15) is 71.6 Å². The van der Waals surface area contributed by atoms with Gasteiger partial charge < -0.3 is 5.11 Å². The van der Waals surface area contributed by atoms with Crippen molar-refractivity contribution in [3.8, 4) is 0 Å². The van der Waals surface area contributed by atoms with Crippen LogP contribution in [0.15, 0.2) is 72.9 Å². The first-order valence-electron chi connectivity index (χ1n) is 10.3. The van der Waals surface area contributed by atoms with E-state index in [1.54, 1.807) is 0 Å². The molecule has 0 saturated carbocycles. The van der Waals surface area contributed by atoms with Crippen molar-refractivity contribution >= 4 is 5.97 Å². The van der Waals surface area contributed by atoms with Crippen molar-refractivity contribution in [1.29, 1.82) is 0 Å². The van der Waals surface area contributed by atoms with Gasteiger partial charge in [0, 0.05) is 0 Å². The average Bonchev–Trinajstić information content (AvgIpc) is 2.66. The van der Waals surface area contributed by atoms with Crippen molar-refractivity contribution in [1.82, 2.24) is 0 Å². The summed E-state index contributed by atoms with van der Waals surface area (Å²) in [5.74, 6) is -0.920. The highest BCUT2D eigenvalue weighted by atomic mass is 16.4. The average molecular weight is 371 g/mol. The number of carboxylic acids is 1. The highest BCUT2D eigenvalue weighted by Crippen LogP contribution is 2.12. The van der Waals surface area contributed by atoms with Gasteiger partial charge in [-0.05, 0) is 51.4 Å². The molecule has 0 aliphatic rings. The lowest BCUT2D eigenvalue weighted by Gasteiger charge is -2.06. The molecule has 0 aromatic rings. The predicted octanol–water partition coefficient (Wildman–Crippen LogP) is 7.58. The molecule has 1 N–H and O–H groups in total. The van der Waals surface area contributed by atoms with E-state index in [2.05, 4.69) is 73.8 Å². The van der Waals surface area contributed by atoms with Crippen LogP contribution < -0.4 is 0 Å². The van der Waals surface area contributed by atoms with Gasteiger partial charge in [0.25, 0.3) is 0 Å². The summed E-state index contributed by atoms with van der Waals surface area (Å²) in [5.41, 5.74) is 0. The van der Waals surface area contributed by atoms with Crippen molar-refractivity contribution in [3.05, 3.63) is 72.9 Å². The third-order valence-corrected chi connectivity index (χ3v) is 4.00. The van der Waals surface area contributed by atoms with Crippen molar-refractivity contribution in [2.75, 3.05) is 0 Å². The van der Waals surface area contributed by atoms with Crippen LogP contribution in [0.4, 0.5) is 0 Å². The number of carboxylic acid groups (broad SMARTS) is 1. The molecule has 0 aliphatic heterocycles. The molecule has 0 spiro atoms. The lowest BCUT2D eigenvalue weighted by molar-refractivity contribution is -0.141. The Bertz CT molecular complexity index is 518. The van der Waals surface area contributed by atoms with Gasteiger partial charge in [-0.25, -0.2) is 0 Å². The molecule has 1 atom stereocenters. The first-order valence-corrected chi connectivity index (χ1v) is 10.3. The molecule has 2 heteroatoms. The largest absolute Gasteiger partial charge is 0.481 e. The second-order valence-electron chi connectivity index (χ2n) is 6.47. The molecule has 1 unspecified atom stereocenters. The summed E-state index contributed by atoms with van der Waals surface area (Å²) < 4.78 is 0. The van der Waals surface area contributed by atoms with Crippen LogP contribution in [0.3, 0.4) is 0 Å². The third-order valence-electron chi connectivity index (χ3n) is 4.00. The van der Waals surface area contributed by atoms with Gasteiger partial charge in [-0.3, -0.25) is 4.79 Å². The van der Waals surface area contributed by atoms with Gasteiger partial charge in [0.2, 0.25) is 0 Å². The summed E-state index contributed by atoms with van der Waals surface area (Å²) in [5, 5.41) is 9.08. The first kappa shape index (κ1) is 24.9. The van der Waals surface area contributed by atoms with E-state index >= 15 is 0 Å². The molecule has 0 amide bonds. The Morgan fingerprint density at radius 2 is 1.04 bits per heavy atom. The molecular weight excluding hydrogens is 332 g/mol. The smallest absolute Gasteiger partial charge is 0.306 e. The van der Waals surface area contributed by atoms with Gasteiger partial charge in [-0.1, -0.05) is 93.2 Å². The SMILES string of the molecule is CC/C=C\C/C=C/C/C=C/C/C=C/C/C=C/C/C=C/CC(CCC)C(=O)O. The number of hydrogen-bond donors (Lipinski definition) is 1. The molecule has 27 heavy (non-hydrogen) atoms. The summed E-state index contributed by atoms with van der Waals surface area (Å²) in [7, 11) is 0. The van der Waals surface area contributed by atoms with Crippen LogP contribution in [0.25, 0.3) is 0 Å². The number of rotatable bonds is 16. The van der Waals surface area contributed by atoms with Gasteiger partial charge in [-0.15, -0.1) is 0 Å². The van der Waals surface area contributed by atoms with Gasteiger partial charge in [-0.2, -0.15) is 0 Å². The Labute approximate surface area is 166 Å². The van der Waals surface area contributed by atoms with E-state index in [1.807, 2.05) is 13.0 Å². The summed E-state index contributed by atoms with van der Waals surface area (Å²) in [6.45, 7) is 4.17. The quantitative estimate of drug-likeness (QED) is 0.284. The molecule has 0 heterocycles. The minimum absolute atomic E-state index is 0.236. The normalized spacial score (nSPS) is 14.1. The molecule has 0 aromatic heterocycles. The zero-order valence-electron chi connectivity index (χ0n) is 17.2. The van der Waals surface area contributed by atoms with Crippen LogP contribution in [-0.4, -0.2) is 11.1 Å². The van der Waals surface area contributed by atoms with Gasteiger partial charge in [0.05, 0.1) is 5.92 Å². The van der Waals surface area contributed by atoms with Crippen LogP contribution in [0.5, 0.6) is 0 Å². The zero-order valence-corrected chi connectivity index (χ0v) is 17.2. The summed E-state index contributed by atoms with van der Waals surface area (Å²) in [6, 6.07) is 0. The second kappa shape index (κ2) is 20.2. The van der Waals surface area contributed by atoms with E-state index < -0.39 is 5.97 Å². The van der Waals surface area contributed by atoms with Gasteiger partial charge >= 0.3 is 5.97 Å². The molecule has 2 nitrogen and oxygen atoms in total. The molecule has 0 rings (SSSR count). The van der Waals surface area contributed by atoms with E-state index in [0.29, 0.717) is 6.42 Å². The number of aliphatic carboxylic acids is 1. The standard InChI is InChI=1S/C25H38O2/c1-3-5-6-7-8-9-10-11-12-13-14-15-16-17-18-19-20-21-23-24(22-4-2)25(26)27/h5-6,8-9,11-12,14-15,17-18,20-21,24H,3-4,7,10,13,16,19,22-23H2,1-2H3,(H,26,27)/b6-5-,9-8+,12-11+,15-14+,18-17+,21-20+. The topological polar surface area (TPSA) is 37.3 Å². The fourth-order valence-corrected chi connectivity index (χ4v) is 2.47. The van der Waals surface area contributed by atoms with Crippen molar-refractivity contribution in [2.24, 2.45) is 5.92 Å². The monoisotopic (exact) mass is 370 g/mol. The lowest BCUT2D eigenvalue weighted by atomic mass is 10.00. The van der Waals surface area contributed by atoms with E-state index in [9.17, 15) is 4.79 Å². The molecule has 0 bridgehead atoms. The van der Waals surface area contributed by atoms with Crippen molar-refractivity contribution in [3.63, 3.8) is 0 Å². The molecule has 0 saturated heterocycles. The Kier molecular flexibility index (Phi) is 18.7. The first-order chi connectivity index (χ1) is 13.2. The van der Waals surface area contributed by atoms with Crippen LogP contribution in [0, 0.1) is 5.92 Å². The van der Waals surface area contributed by atoms with Crippen LogP contribution in [-0.2, 0) is 4.79 Å². The number of hydrogen-bond acceptors (Lipinski definition) is 1. The van der Waals surface area contributed by atoms with E-state index in [0.717, 1.165) is 51.4 Å². The number of allylic oxidation sites excluding steroid dienone is 12. The van der Waals surface area contributed by atoms with Crippen LogP contribution >= 0.6 is 0 Å². The van der Waals surface area contributed by atoms with E-state index in [1.165, 1.54) is 0 Å². The van der Waals surface area contributed by atoms with E-state index in [-0.39, 0.29) is 5.92 Å². The predicted molar refractivity (Wildman–Crippen MR) is 119 cm³/mol. The van der Waals surface area contributed by atoms with Gasteiger partial charge in [0.1, 0.15) is 0 Å². The van der Waals surface area contributed by atoms with Crippen molar-refractivity contribution in [2.45, 2.75) is 71.6 Å². The molecule has 0 fully saturated rings. The maximum atomic E-state index is 11.0. The molecule has 0 radical (unpaired) electrons. The number of carbonyl (C=O) groups is 1. The molecule has 0 aromatic carbocycles. The maximum Gasteiger partial charge on any atom is 0.306 e.